The Hall–Kier alpha value is -2.33. The second kappa shape index (κ2) is 6.90. The van der Waals surface area contributed by atoms with Crippen molar-refractivity contribution >= 4 is 34.0 Å². The molecule has 1 N–H and O–H groups in total. The highest BCUT2D eigenvalue weighted by Crippen LogP contribution is 2.32. The van der Waals surface area contributed by atoms with Crippen LogP contribution in [0.5, 0.6) is 0 Å². The molecular formula is C14H12FN3O2S. The molecule has 0 atom stereocenters. The van der Waals surface area contributed by atoms with Crippen molar-refractivity contribution in [3.8, 4) is 12.3 Å². The Morgan fingerprint density at radius 2 is 2.38 bits per heavy atom. The maximum Gasteiger partial charge on any atom is 0.281 e. The molecular weight excluding hydrogens is 293 g/mol. The number of nitrogens with one attached hydrogen (secondary N) is 1. The lowest BCUT2D eigenvalue weighted by atomic mass is 10.1. The zero-order chi connectivity index (χ0) is 15.2. The number of rotatable bonds is 6. The molecule has 0 saturated heterocycles. The van der Waals surface area contributed by atoms with E-state index in [0.717, 1.165) is 6.07 Å². The molecule has 0 amide bonds. The van der Waals surface area contributed by atoms with Gasteiger partial charge >= 0.3 is 0 Å². The summed E-state index contributed by atoms with van der Waals surface area (Å²) < 4.78 is 14.1. The third-order valence-corrected chi connectivity index (χ3v) is 3.62. The van der Waals surface area contributed by atoms with Crippen molar-refractivity contribution in [2.75, 3.05) is 23.4 Å². The van der Waals surface area contributed by atoms with Crippen LogP contribution < -0.4 is 5.32 Å². The van der Waals surface area contributed by atoms with Crippen molar-refractivity contribution in [1.29, 1.82) is 0 Å². The Morgan fingerprint density at radius 3 is 3.10 bits per heavy atom. The highest BCUT2D eigenvalue weighted by atomic mass is 32.2. The molecule has 0 spiro atoms. The Kier molecular flexibility index (Phi) is 4.95. The average molecular weight is 305 g/mol. The van der Waals surface area contributed by atoms with Crippen LogP contribution >= 0.6 is 11.8 Å². The van der Waals surface area contributed by atoms with Crippen LogP contribution in [0.4, 0.5) is 15.8 Å². The van der Waals surface area contributed by atoms with Gasteiger partial charge in [-0.2, -0.15) is 0 Å². The van der Waals surface area contributed by atoms with Gasteiger partial charge in [-0.1, -0.05) is 5.92 Å². The van der Waals surface area contributed by atoms with Gasteiger partial charge in [-0.15, -0.1) is 18.2 Å². The third kappa shape index (κ3) is 3.41. The van der Waals surface area contributed by atoms with Crippen LogP contribution in [0.1, 0.15) is 0 Å². The summed E-state index contributed by atoms with van der Waals surface area (Å²) in [5.41, 5.74) is 0.145. The lowest BCUT2D eigenvalue weighted by Gasteiger charge is -2.10. The number of halogens is 1. The van der Waals surface area contributed by atoms with Crippen LogP contribution in [0, 0.1) is 28.3 Å². The van der Waals surface area contributed by atoms with Gasteiger partial charge in [0.2, 0.25) is 0 Å². The van der Waals surface area contributed by atoms with E-state index in [1.54, 1.807) is 23.9 Å². The molecule has 0 bridgehead atoms. The number of nitrogens with zero attached hydrogens (tertiary/aromatic N) is 2. The van der Waals surface area contributed by atoms with E-state index in [2.05, 4.69) is 16.2 Å². The molecule has 0 fully saturated rings. The number of terminal acetylenes is 1. The van der Waals surface area contributed by atoms with E-state index < -0.39 is 10.7 Å². The predicted octanol–water partition coefficient (Wildman–Crippen LogP) is 3.06. The number of nitro groups is 1. The Labute approximate surface area is 125 Å². The van der Waals surface area contributed by atoms with Gasteiger partial charge < -0.3 is 5.32 Å². The first-order valence-electron chi connectivity index (χ1n) is 6.12. The molecule has 1 aromatic heterocycles. The lowest BCUT2D eigenvalue weighted by molar-refractivity contribution is -0.383. The minimum absolute atomic E-state index is 0.178. The fraction of sp³-hybridized carbons (Fsp3) is 0.214. The van der Waals surface area contributed by atoms with E-state index in [9.17, 15) is 14.5 Å². The van der Waals surface area contributed by atoms with Gasteiger partial charge in [-0.25, -0.2) is 4.39 Å². The summed E-state index contributed by atoms with van der Waals surface area (Å²) in [5.74, 6) is 3.11. The molecule has 0 aliphatic rings. The highest BCUT2D eigenvalue weighted by molar-refractivity contribution is 7.99. The molecule has 0 aliphatic heterocycles. The molecule has 108 valence electrons. The van der Waals surface area contributed by atoms with E-state index in [4.69, 9.17) is 6.42 Å². The lowest BCUT2D eigenvalue weighted by Crippen LogP contribution is -2.08. The van der Waals surface area contributed by atoms with Crippen molar-refractivity contribution in [1.82, 2.24) is 4.98 Å². The maximum absolute atomic E-state index is 14.1. The topological polar surface area (TPSA) is 68.1 Å². The van der Waals surface area contributed by atoms with Crippen LogP contribution in [-0.4, -0.2) is 28.0 Å². The fourth-order valence-corrected chi connectivity index (χ4v) is 2.40. The smallest absolute Gasteiger partial charge is 0.281 e. The van der Waals surface area contributed by atoms with E-state index in [1.165, 1.54) is 6.20 Å². The minimum atomic E-state index is -0.685. The summed E-state index contributed by atoms with van der Waals surface area (Å²) in [6, 6.07) is 4.05. The van der Waals surface area contributed by atoms with E-state index in [0.29, 0.717) is 23.4 Å². The number of fused-ring (bicyclic) bond motifs is 1. The molecule has 2 aromatic rings. The molecule has 21 heavy (non-hydrogen) atoms. The second-order valence-electron chi connectivity index (χ2n) is 4.09. The van der Waals surface area contributed by atoms with Crippen LogP contribution in [0.15, 0.2) is 24.4 Å². The van der Waals surface area contributed by atoms with E-state index in [-0.39, 0.29) is 16.9 Å². The zero-order valence-electron chi connectivity index (χ0n) is 11.0. The van der Waals surface area contributed by atoms with Crippen LogP contribution in [-0.2, 0) is 0 Å². The fourth-order valence-electron chi connectivity index (χ4n) is 1.89. The summed E-state index contributed by atoms with van der Waals surface area (Å²) in [5, 5.41) is 14.2. The summed E-state index contributed by atoms with van der Waals surface area (Å²) >= 11 is 1.54. The quantitative estimate of drug-likeness (QED) is 0.384. The number of non-ortho nitro benzene ring substituents is 1. The number of nitro benzene ring substituents is 1. The molecule has 0 unspecified atom stereocenters. The van der Waals surface area contributed by atoms with Crippen molar-refractivity contribution in [3.05, 3.63) is 40.3 Å². The molecule has 7 heteroatoms. The average Bonchev–Trinajstić information content (AvgIpc) is 2.48. The third-order valence-electron chi connectivity index (χ3n) is 2.75. The summed E-state index contributed by atoms with van der Waals surface area (Å²) in [6.45, 7) is 0.493. The largest absolute Gasteiger partial charge is 0.380 e. The molecule has 0 aliphatic carbocycles. The molecule has 5 nitrogen and oxygen atoms in total. The molecule has 2 rings (SSSR count). The Bertz CT molecular complexity index is 715. The normalized spacial score (nSPS) is 10.3. The first-order chi connectivity index (χ1) is 10.1. The molecule has 0 saturated carbocycles. The van der Waals surface area contributed by atoms with Gasteiger partial charge in [0.05, 0.1) is 27.8 Å². The monoisotopic (exact) mass is 305 g/mol. The highest BCUT2D eigenvalue weighted by Gasteiger charge is 2.19. The van der Waals surface area contributed by atoms with Gasteiger partial charge in [0.1, 0.15) is 5.52 Å². The van der Waals surface area contributed by atoms with E-state index in [1.807, 2.05) is 0 Å². The number of aromatic nitrogens is 1. The summed E-state index contributed by atoms with van der Waals surface area (Å²) in [7, 11) is 0. The SMILES string of the molecule is C#CCSCCNc1c(F)cc([N+](=O)[O-])c2cccnc12. The summed E-state index contributed by atoms with van der Waals surface area (Å²) in [6.07, 6.45) is 6.62. The van der Waals surface area contributed by atoms with Gasteiger partial charge in [0, 0.05) is 18.5 Å². The molecule has 1 aromatic carbocycles. The standard InChI is InChI=1S/C14H12FN3O2S/c1-2-7-21-8-6-17-14-11(15)9-12(18(19)20)10-4-3-5-16-13(10)14/h1,3-5,9,17H,6-8H2. The van der Waals surface area contributed by atoms with Gasteiger partial charge in [0.15, 0.2) is 5.82 Å². The first-order valence-corrected chi connectivity index (χ1v) is 7.27. The number of hydrogen-bond acceptors (Lipinski definition) is 5. The molecule has 0 radical (unpaired) electrons. The number of thioether (sulfide) groups is 1. The maximum atomic E-state index is 14.1. The van der Waals surface area contributed by atoms with Crippen LogP contribution in [0.2, 0.25) is 0 Å². The Morgan fingerprint density at radius 1 is 1.57 bits per heavy atom. The number of pyridine rings is 1. The van der Waals surface area contributed by atoms with Gasteiger partial charge in [0.25, 0.3) is 5.69 Å². The van der Waals surface area contributed by atoms with Gasteiger partial charge in [-0.3, -0.25) is 15.1 Å². The second-order valence-corrected chi connectivity index (χ2v) is 5.20. The number of anilines is 1. The predicted molar refractivity (Wildman–Crippen MR) is 83.0 cm³/mol. The van der Waals surface area contributed by atoms with Crippen LogP contribution in [0.3, 0.4) is 0 Å². The zero-order valence-corrected chi connectivity index (χ0v) is 11.8. The Balaban J connectivity index is 2.32. The van der Waals surface area contributed by atoms with Crippen molar-refractivity contribution < 1.29 is 9.31 Å². The minimum Gasteiger partial charge on any atom is -0.380 e. The number of benzene rings is 1. The molecule has 1 heterocycles. The first kappa shape index (κ1) is 15.1. The van der Waals surface area contributed by atoms with Crippen molar-refractivity contribution in [3.63, 3.8) is 0 Å². The van der Waals surface area contributed by atoms with Crippen molar-refractivity contribution in [2.24, 2.45) is 0 Å². The van der Waals surface area contributed by atoms with Crippen LogP contribution in [0.25, 0.3) is 10.9 Å². The number of hydrogen-bond donors (Lipinski definition) is 1. The summed E-state index contributed by atoms with van der Waals surface area (Å²) in [4.78, 5) is 14.4. The van der Waals surface area contributed by atoms with Gasteiger partial charge in [-0.05, 0) is 12.1 Å². The van der Waals surface area contributed by atoms with E-state index >= 15 is 0 Å². The van der Waals surface area contributed by atoms with Crippen molar-refractivity contribution in [2.45, 2.75) is 0 Å².